The quantitative estimate of drug-likeness (QED) is 0.663. The summed E-state index contributed by atoms with van der Waals surface area (Å²) in [5, 5.41) is 11.9. The number of benzene rings is 2. The number of phenols is 1. The normalized spacial score (nSPS) is 13.4. The fraction of sp³-hybridized carbons (Fsp3) is 0.0769. The predicted octanol–water partition coefficient (Wildman–Crippen LogP) is 3.11. The number of aromatic hydroxyl groups is 1. The van der Waals surface area contributed by atoms with Crippen molar-refractivity contribution >= 4 is 16.8 Å². The lowest BCUT2D eigenvalue weighted by Crippen LogP contribution is -1.85. The van der Waals surface area contributed by atoms with Crippen molar-refractivity contribution in [1.82, 2.24) is 0 Å². The van der Waals surface area contributed by atoms with Crippen molar-refractivity contribution in [3.05, 3.63) is 47.5 Å². The van der Waals surface area contributed by atoms with Gasteiger partial charge in [-0.1, -0.05) is 36.4 Å². The maximum atomic E-state index is 9.81. The number of hydrogen-bond acceptors (Lipinski definition) is 1. The minimum absolute atomic E-state index is 0.392. The van der Waals surface area contributed by atoms with Crippen LogP contribution in [0, 0.1) is 0 Å². The summed E-state index contributed by atoms with van der Waals surface area (Å²) in [5.41, 5.74) is 2.49. The maximum absolute atomic E-state index is 9.81. The summed E-state index contributed by atoms with van der Waals surface area (Å²) < 4.78 is 0. The Labute approximate surface area is 82.3 Å². The molecule has 68 valence electrons. The molecular formula is C13H10O. The molecule has 0 spiro atoms. The van der Waals surface area contributed by atoms with Crippen LogP contribution < -0.4 is 0 Å². The molecule has 0 unspecified atom stereocenters. The molecule has 0 aliphatic heterocycles. The SMILES string of the molecule is Oc1cccc2ccc3c(c12)CC=C3. The van der Waals surface area contributed by atoms with E-state index in [9.17, 15) is 5.11 Å². The lowest BCUT2D eigenvalue weighted by molar-refractivity contribution is 0.481. The van der Waals surface area contributed by atoms with Gasteiger partial charge < -0.3 is 5.11 Å². The molecule has 1 aliphatic carbocycles. The molecular weight excluding hydrogens is 172 g/mol. The van der Waals surface area contributed by atoms with Gasteiger partial charge in [0.05, 0.1) is 0 Å². The number of fused-ring (bicyclic) bond motifs is 3. The molecule has 0 amide bonds. The van der Waals surface area contributed by atoms with Gasteiger partial charge in [0.1, 0.15) is 5.75 Å². The van der Waals surface area contributed by atoms with Crippen molar-refractivity contribution in [3.63, 3.8) is 0 Å². The average Bonchev–Trinajstić information content (AvgIpc) is 2.65. The van der Waals surface area contributed by atoms with Gasteiger partial charge in [-0.05, 0) is 29.0 Å². The van der Waals surface area contributed by atoms with Crippen molar-refractivity contribution in [2.45, 2.75) is 6.42 Å². The van der Waals surface area contributed by atoms with Gasteiger partial charge in [-0.2, -0.15) is 0 Å². The standard InChI is InChI=1S/C13H10O/c14-12-6-2-4-10-8-7-9-3-1-5-11(9)13(10)12/h1-4,6-8,14H,5H2. The summed E-state index contributed by atoms with van der Waals surface area (Å²) >= 11 is 0. The smallest absolute Gasteiger partial charge is 0.123 e. The highest BCUT2D eigenvalue weighted by atomic mass is 16.3. The van der Waals surface area contributed by atoms with E-state index in [1.165, 1.54) is 11.1 Å². The Morgan fingerprint density at radius 1 is 1.07 bits per heavy atom. The Hall–Kier alpha value is -1.76. The Kier molecular flexibility index (Phi) is 1.42. The van der Waals surface area contributed by atoms with Crippen molar-refractivity contribution in [3.8, 4) is 5.75 Å². The van der Waals surface area contributed by atoms with E-state index in [-0.39, 0.29) is 0 Å². The van der Waals surface area contributed by atoms with Crippen molar-refractivity contribution in [2.24, 2.45) is 0 Å². The van der Waals surface area contributed by atoms with Crippen LogP contribution in [0.1, 0.15) is 11.1 Å². The zero-order valence-corrected chi connectivity index (χ0v) is 7.70. The van der Waals surface area contributed by atoms with Gasteiger partial charge in [0.25, 0.3) is 0 Å². The van der Waals surface area contributed by atoms with E-state index in [1.54, 1.807) is 6.07 Å². The van der Waals surface area contributed by atoms with Gasteiger partial charge in [-0.3, -0.25) is 0 Å². The van der Waals surface area contributed by atoms with E-state index in [2.05, 4.69) is 24.3 Å². The molecule has 0 fully saturated rings. The second kappa shape index (κ2) is 2.61. The summed E-state index contributed by atoms with van der Waals surface area (Å²) in [6, 6.07) is 9.84. The van der Waals surface area contributed by atoms with Crippen LogP contribution in [0.15, 0.2) is 36.4 Å². The third kappa shape index (κ3) is 0.896. The Bertz CT molecular complexity index is 538. The Balaban J connectivity index is 2.49. The molecule has 3 rings (SSSR count). The third-order valence-corrected chi connectivity index (χ3v) is 2.79. The maximum Gasteiger partial charge on any atom is 0.123 e. The molecule has 14 heavy (non-hydrogen) atoms. The van der Waals surface area contributed by atoms with Gasteiger partial charge in [0.2, 0.25) is 0 Å². The lowest BCUT2D eigenvalue weighted by atomic mass is 10.00. The second-order valence-corrected chi connectivity index (χ2v) is 3.62. The Morgan fingerprint density at radius 2 is 2.00 bits per heavy atom. The first-order chi connectivity index (χ1) is 6.86. The molecule has 0 atom stereocenters. The zero-order valence-electron chi connectivity index (χ0n) is 7.70. The molecule has 1 heteroatoms. The fourth-order valence-corrected chi connectivity index (χ4v) is 2.13. The van der Waals surface area contributed by atoms with Crippen molar-refractivity contribution in [2.75, 3.05) is 0 Å². The number of rotatable bonds is 0. The molecule has 1 nitrogen and oxygen atoms in total. The summed E-state index contributed by atoms with van der Waals surface area (Å²) in [5.74, 6) is 0.392. The summed E-state index contributed by atoms with van der Waals surface area (Å²) in [4.78, 5) is 0. The van der Waals surface area contributed by atoms with Crippen molar-refractivity contribution < 1.29 is 5.11 Å². The van der Waals surface area contributed by atoms with Crippen LogP contribution in [0.3, 0.4) is 0 Å². The molecule has 2 aromatic rings. The van der Waals surface area contributed by atoms with Crippen LogP contribution in [-0.2, 0) is 6.42 Å². The largest absolute Gasteiger partial charge is 0.507 e. The minimum atomic E-state index is 0.392. The van der Waals surface area contributed by atoms with Crippen LogP contribution in [-0.4, -0.2) is 5.11 Å². The topological polar surface area (TPSA) is 20.2 Å². The molecule has 0 heterocycles. The second-order valence-electron chi connectivity index (χ2n) is 3.62. The number of phenolic OH excluding ortho intramolecular Hbond substituents is 1. The number of allylic oxidation sites excluding steroid dienone is 1. The molecule has 2 aromatic carbocycles. The first-order valence-electron chi connectivity index (χ1n) is 4.76. The molecule has 0 radical (unpaired) electrons. The molecule has 1 N–H and O–H groups in total. The first-order valence-corrected chi connectivity index (χ1v) is 4.76. The fourth-order valence-electron chi connectivity index (χ4n) is 2.13. The summed E-state index contributed by atoms with van der Waals surface area (Å²) in [6.07, 6.45) is 5.18. The predicted molar refractivity (Wildman–Crippen MR) is 58.4 cm³/mol. The van der Waals surface area contributed by atoms with E-state index >= 15 is 0 Å². The van der Waals surface area contributed by atoms with E-state index in [1.807, 2.05) is 12.1 Å². The lowest BCUT2D eigenvalue weighted by Gasteiger charge is -2.06. The van der Waals surface area contributed by atoms with Crippen LogP contribution in [0.2, 0.25) is 0 Å². The van der Waals surface area contributed by atoms with Crippen LogP contribution in [0.4, 0.5) is 0 Å². The summed E-state index contributed by atoms with van der Waals surface area (Å²) in [6.45, 7) is 0. The van der Waals surface area contributed by atoms with E-state index in [4.69, 9.17) is 0 Å². The zero-order chi connectivity index (χ0) is 9.54. The highest BCUT2D eigenvalue weighted by Gasteiger charge is 2.11. The van der Waals surface area contributed by atoms with E-state index in [0.29, 0.717) is 5.75 Å². The van der Waals surface area contributed by atoms with E-state index in [0.717, 1.165) is 17.2 Å². The third-order valence-electron chi connectivity index (χ3n) is 2.79. The van der Waals surface area contributed by atoms with Gasteiger partial charge >= 0.3 is 0 Å². The van der Waals surface area contributed by atoms with Crippen LogP contribution in [0.25, 0.3) is 16.8 Å². The van der Waals surface area contributed by atoms with Gasteiger partial charge in [0, 0.05) is 5.39 Å². The van der Waals surface area contributed by atoms with Gasteiger partial charge in [-0.15, -0.1) is 0 Å². The number of hydrogen-bond donors (Lipinski definition) is 1. The molecule has 0 saturated heterocycles. The molecule has 0 saturated carbocycles. The van der Waals surface area contributed by atoms with Crippen LogP contribution >= 0.6 is 0 Å². The highest BCUT2D eigenvalue weighted by Crippen LogP contribution is 2.33. The molecule has 0 bridgehead atoms. The van der Waals surface area contributed by atoms with Crippen molar-refractivity contribution in [1.29, 1.82) is 0 Å². The molecule has 0 aromatic heterocycles. The summed E-state index contributed by atoms with van der Waals surface area (Å²) in [7, 11) is 0. The van der Waals surface area contributed by atoms with E-state index < -0.39 is 0 Å². The van der Waals surface area contributed by atoms with Gasteiger partial charge in [0.15, 0.2) is 0 Å². The van der Waals surface area contributed by atoms with Crippen LogP contribution in [0.5, 0.6) is 5.75 Å². The average molecular weight is 182 g/mol. The highest BCUT2D eigenvalue weighted by molar-refractivity contribution is 5.94. The minimum Gasteiger partial charge on any atom is -0.507 e. The Morgan fingerprint density at radius 3 is 2.93 bits per heavy atom. The molecule has 1 aliphatic rings. The first kappa shape index (κ1) is 7.63. The monoisotopic (exact) mass is 182 g/mol. The van der Waals surface area contributed by atoms with Gasteiger partial charge in [-0.25, -0.2) is 0 Å².